The molecule has 0 saturated carbocycles. The molecule has 1 heterocycles. The summed E-state index contributed by atoms with van der Waals surface area (Å²) < 4.78 is 6.04. The van der Waals surface area contributed by atoms with Crippen LogP contribution < -0.4 is 4.74 Å². The summed E-state index contributed by atoms with van der Waals surface area (Å²) in [6, 6.07) is 11.9. The molecule has 3 nitrogen and oxygen atoms in total. The van der Waals surface area contributed by atoms with Gasteiger partial charge in [-0.15, -0.1) is 0 Å². The smallest absolute Gasteiger partial charge is 0.224 e. The third-order valence-electron chi connectivity index (χ3n) is 3.72. The molecule has 0 amide bonds. The summed E-state index contributed by atoms with van der Waals surface area (Å²) in [5.41, 5.74) is 3.11. The molecule has 3 heteroatoms. The van der Waals surface area contributed by atoms with Gasteiger partial charge in [-0.3, -0.25) is 4.79 Å². The molecule has 0 radical (unpaired) electrons. The number of ether oxygens (including phenoxy) is 1. The van der Waals surface area contributed by atoms with Gasteiger partial charge in [0.05, 0.1) is 5.56 Å². The van der Waals surface area contributed by atoms with Gasteiger partial charge in [0, 0.05) is 6.20 Å². The molecule has 0 saturated heterocycles. The Morgan fingerprint density at radius 2 is 2.10 bits per heavy atom. The Hall–Kier alpha value is -2.16. The van der Waals surface area contributed by atoms with Gasteiger partial charge in [-0.1, -0.05) is 24.3 Å². The molecular weight excluding hydrogens is 250 g/mol. The fraction of sp³-hybridized carbons (Fsp3) is 0.294. The predicted octanol–water partition coefficient (Wildman–Crippen LogP) is 3.74. The van der Waals surface area contributed by atoms with E-state index in [-0.39, 0.29) is 11.9 Å². The Labute approximate surface area is 118 Å². The number of benzene rings is 1. The number of ketones is 1. The van der Waals surface area contributed by atoms with E-state index < -0.39 is 0 Å². The average Bonchev–Trinajstić information content (AvgIpc) is 2.48. The molecule has 0 N–H and O–H groups in total. The zero-order valence-electron chi connectivity index (χ0n) is 11.5. The lowest BCUT2D eigenvalue weighted by Crippen LogP contribution is -2.16. The minimum Gasteiger partial charge on any atom is -0.469 e. The lowest BCUT2D eigenvalue weighted by atomic mass is 9.89. The second-order valence-corrected chi connectivity index (χ2v) is 5.11. The summed E-state index contributed by atoms with van der Waals surface area (Å²) in [4.78, 5) is 15.9. The minimum absolute atomic E-state index is 0.00653. The van der Waals surface area contributed by atoms with Gasteiger partial charge in [0.15, 0.2) is 5.78 Å². The van der Waals surface area contributed by atoms with Gasteiger partial charge in [-0.05, 0) is 49.4 Å². The SMILES string of the molecule is CC(=O)c1cccnc1OC1CCCc2ccccc21. The van der Waals surface area contributed by atoms with E-state index >= 15 is 0 Å². The van der Waals surface area contributed by atoms with Crippen molar-refractivity contribution in [3.8, 4) is 5.88 Å². The largest absolute Gasteiger partial charge is 0.469 e. The van der Waals surface area contributed by atoms with Crippen molar-refractivity contribution in [3.05, 3.63) is 59.3 Å². The van der Waals surface area contributed by atoms with Crippen LogP contribution in [0.4, 0.5) is 0 Å². The third kappa shape index (κ3) is 2.44. The molecule has 1 unspecified atom stereocenters. The molecule has 102 valence electrons. The maximum atomic E-state index is 11.6. The highest BCUT2D eigenvalue weighted by molar-refractivity contribution is 5.96. The Balaban J connectivity index is 1.92. The number of fused-ring (bicyclic) bond motifs is 1. The van der Waals surface area contributed by atoms with Gasteiger partial charge < -0.3 is 4.74 Å². The molecule has 0 aliphatic heterocycles. The molecule has 0 fully saturated rings. The topological polar surface area (TPSA) is 39.2 Å². The van der Waals surface area contributed by atoms with E-state index in [0.29, 0.717) is 11.4 Å². The van der Waals surface area contributed by atoms with Crippen LogP contribution in [0.5, 0.6) is 5.88 Å². The summed E-state index contributed by atoms with van der Waals surface area (Å²) in [5, 5.41) is 0. The first kappa shape index (κ1) is 12.9. The molecular formula is C17H17NO2. The first-order valence-electron chi connectivity index (χ1n) is 6.96. The number of carbonyl (C=O) groups excluding carboxylic acids is 1. The maximum absolute atomic E-state index is 11.6. The third-order valence-corrected chi connectivity index (χ3v) is 3.72. The van der Waals surface area contributed by atoms with Gasteiger partial charge >= 0.3 is 0 Å². The maximum Gasteiger partial charge on any atom is 0.224 e. The van der Waals surface area contributed by atoms with Crippen LogP contribution in [0.3, 0.4) is 0 Å². The molecule has 1 atom stereocenters. The summed E-state index contributed by atoms with van der Waals surface area (Å²) in [6.45, 7) is 1.54. The number of carbonyl (C=O) groups is 1. The van der Waals surface area contributed by atoms with Crippen molar-refractivity contribution in [2.24, 2.45) is 0 Å². The Morgan fingerprint density at radius 3 is 2.95 bits per heavy atom. The highest BCUT2D eigenvalue weighted by Gasteiger charge is 2.23. The van der Waals surface area contributed by atoms with Gasteiger partial charge in [0.2, 0.25) is 5.88 Å². The summed E-state index contributed by atoms with van der Waals surface area (Å²) in [6.07, 6.45) is 4.82. The molecule has 2 aromatic rings. The molecule has 0 bridgehead atoms. The van der Waals surface area contributed by atoms with E-state index in [1.54, 1.807) is 25.3 Å². The average molecular weight is 267 g/mol. The Bertz CT molecular complexity index is 636. The number of hydrogen-bond acceptors (Lipinski definition) is 3. The van der Waals surface area contributed by atoms with Crippen LogP contribution in [-0.4, -0.2) is 10.8 Å². The number of aromatic nitrogens is 1. The number of Topliss-reactive ketones (excluding diaryl/α,β-unsaturated/α-hetero) is 1. The van der Waals surface area contributed by atoms with Gasteiger partial charge in [-0.2, -0.15) is 0 Å². The molecule has 0 spiro atoms. The highest BCUT2D eigenvalue weighted by atomic mass is 16.5. The zero-order chi connectivity index (χ0) is 13.9. The molecule has 20 heavy (non-hydrogen) atoms. The van der Waals surface area contributed by atoms with E-state index in [2.05, 4.69) is 23.2 Å². The van der Waals surface area contributed by atoms with Crippen molar-refractivity contribution >= 4 is 5.78 Å². The van der Waals surface area contributed by atoms with Gasteiger partial charge in [-0.25, -0.2) is 4.98 Å². The second-order valence-electron chi connectivity index (χ2n) is 5.11. The monoisotopic (exact) mass is 267 g/mol. The number of aryl methyl sites for hydroxylation is 1. The lowest BCUT2D eigenvalue weighted by molar-refractivity contribution is 0.100. The van der Waals surface area contributed by atoms with E-state index in [9.17, 15) is 4.79 Å². The predicted molar refractivity (Wildman–Crippen MR) is 77.0 cm³/mol. The summed E-state index contributed by atoms with van der Waals surface area (Å²) in [5.74, 6) is 0.430. The minimum atomic E-state index is -0.0165. The van der Waals surface area contributed by atoms with E-state index in [4.69, 9.17) is 4.74 Å². The van der Waals surface area contributed by atoms with Gasteiger partial charge in [0.1, 0.15) is 6.10 Å². The molecule has 1 aromatic carbocycles. The standard InChI is InChI=1S/C17H17NO2/c1-12(19)14-9-5-11-18-17(14)20-16-10-4-7-13-6-2-3-8-15(13)16/h2-3,5-6,8-9,11,16H,4,7,10H2,1H3. The zero-order valence-corrected chi connectivity index (χ0v) is 11.5. The number of pyridine rings is 1. The van der Waals surface area contributed by atoms with Crippen molar-refractivity contribution in [1.82, 2.24) is 4.98 Å². The van der Waals surface area contributed by atoms with E-state index in [1.165, 1.54) is 11.1 Å². The van der Waals surface area contributed by atoms with Crippen molar-refractivity contribution in [2.75, 3.05) is 0 Å². The number of rotatable bonds is 3. The van der Waals surface area contributed by atoms with Crippen molar-refractivity contribution in [1.29, 1.82) is 0 Å². The van der Waals surface area contributed by atoms with Crippen LogP contribution in [0, 0.1) is 0 Å². The number of hydrogen-bond donors (Lipinski definition) is 0. The Kier molecular flexibility index (Phi) is 3.50. The fourth-order valence-electron chi connectivity index (χ4n) is 2.72. The first-order chi connectivity index (χ1) is 9.75. The van der Waals surface area contributed by atoms with Crippen molar-refractivity contribution < 1.29 is 9.53 Å². The second kappa shape index (κ2) is 5.45. The van der Waals surface area contributed by atoms with Crippen LogP contribution in [0.25, 0.3) is 0 Å². The van der Waals surface area contributed by atoms with Crippen LogP contribution >= 0.6 is 0 Å². The summed E-state index contributed by atoms with van der Waals surface area (Å²) in [7, 11) is 0. The van der Waals surface area contributed by atoms with Crippen molar-refractivity contribution in [3.63, 3.8) is 0 Å². The normalized spacial score (nSPS) is 17.4. The van der Waals surface area contributed by atoms with Crippen molar-refractivity contribution in [2.45, 2.75) is 32.3 Å². The molecule has 1 aliphatic carbocycles. The van der Waals surface area contributed by atoms with E-state index in [1.807, 2.05) is 6.07 Å². The van der Waals surface area contributed by atoms with Crippen LogP contribution in [-0.2, 0) is 6.42 Å². The fourth-order valence-corrected chi connectivity index (χ4v) is 2.72. The molecule has 1 aromatic heterocycles. The summed E-state index contributed by atoms with van der Waals surface area (Å²) >= 11 is 0. The van der Waals surface area contributed by atoms with Crippen LogP contribution in [0.15, 0.2) is 42.6 Å². The quantitative estimate of drug-likeness (QED) is 0.795. The molecule has 3 rings (SSSR count). The van der Waals surface area contributed by atoms with E-state index in [0.717, 1.165) is 19.3 Å². The number of nitrogens with zero attached hydrogens (tertiary/aromatic N) is 1. The first-order valence-corrected chi connectivity index (χ1v) is 6.96. The lowest BCUT2D eigenvalue weighted by Gasteiger charge is -2.26. The highest BCUT2D eigenvalue weighted by Crippen LogP contribution is 2.33. The molecule has 1 aliphatic rings. The van der Waals surface area contributed by atoms with Gasteiger partial charge in [0.25, 0.3) is 0 Å². The van der Waals surface area contributed by atoms with Crippen LogP contribution in [0.2, 0.25) is 0 Å². The van der Waals surface area contributed by atoms with Crippen LogP contribution in [0.1, 0.15) is 47.4 Å². The Morgan fingerprint density at radius 1 is 1.25 bits per heavy atom.